The van der Waals surface area contributed by atoms with Crippen LogP contribution >= 0.6 is 11.6 Å². The van der Waals surface area contributed by atoms with E-state index in [1.807, 2.05) is 0 Å². The van der Waals surface area contributed by atoms with Crippen molar-refractivity contribution < 1.29 is 29.0 Å². The lowest BCUT2D eigenvalue weighted by molar-refractivity contribution is -0.145. The summed E-state index contributed by atoms with van der Waals surface area (Å²) < 4.78 is 10.1. The summed E-state index contributed by atoms with van der Waals surface area (Å²) in [4.78, 5) is 38.6. The van der Waals surface area contributed by atoms with Crippen LogP contribution in [0.15, 0.2) is 18.2 Å². The van der Waals surface area contributed by atoms with Gasteiger partial charge in [-0.2, -0.15) is 0 Å². The third-order valence-electron chi connectivity index (χ3n) is 5.49. The van der Waals surface area contributed by atoms with Gasteiger partial charge in [0.2, 0.25) is 5.78 Å². The second kappa shape index (κ2) is 6.63. The Morgan fingerprint density at radius 3 is 2.57 bits per heavy atom. The number of hydrogen-bond acceptors (Lipinski definition) is 6. The Labute approximate surface area is 166 Å². The number of phenols is 1. The fraction of sp³-hybridized carbons (Fsp3) is 0.286. The SMILES string of the molecule is COC(=O)C1CCc2cc(O)c3c(c2C1)C(=O)c1ccc(Cl)c(OC)c1C3=O. The Kier molecular flexibility index (Phi) is 4.38. The summed E-state index contributed by atoms with van der Waals surface area (Å²) in [7, 11) is 2.69. The normalized spacial score (nSPS) is 17.5. The number of rotatable bonds is 2. The molecule has 0 aliphatic heterocycles. The summed E-state index contributed by atoms with van der Waals surface area (Å²) in [6, 6.07) is 4.50. The van der Waals surface area contributed by atoms with E-state index in [2.05, 4.69) is 0 Å². The number of aryl methyl sites for hydroxylation is 1. The molecule has 0 radical (unpaired) electrons. The Morgan fingerprint density at radius 2 is 1.89 bits per heavy atom. The molecule has 2 aromatic carbocycles. The van der Waals surface area contributed by atoms with Crippen molar-refractivity contribution in [2.24, 2.45) is 5.92 Å². The first-order chi connectivity index (χ1) is 13.4. The van der Waals surface area contributed by atoms with Gasteiger partial charge >= 0.3 is 5.97 Å². The van der Waals surface area contributed by atoms with Gasteiger partial charge < -0.3 is 14.6 Å². The predicted molar refractivity (Wildman–Crippen MR) is 101 cm³/mol. The highest BCUT2D eigenvalue weighted by Gasteiger charge is 2.40. The maximum Gasteiger partial charge on any atom is 0.309 e. The van der Waals surface area contributed by atoms with Gasteiger partial charge in [-0.15, -0.1) is 0 Å². The van der Waals surface area contributed by atoms with Crippen LogP contribution in [-0.2, 0) is 22.4 Å². The molecule has 7 heteroatoms. The van der Waals surface area contributed by atoms with Crippen LogP contribution in [0.3, 0.4) is 0 Å². The third-order valence-corrected chi connectivity index (χ3v) is 5.79. The zero-order valence-electron chi connectivity index (χ0n) is 15.3. The van der Waals surface area contributed by atoms with Crippen LogP contribution in [0, 0.1) is 5.92 Å². The van der Waals surface area contributed by atoms with Crippen molar-refractivity contribution in [2.45, 2.75) is 19.3 Å². The van der Waals surface area contributed by atoms with Gasteiger partial charge in [0.05, 0.1) is 36.3 Å². The van der Waals surface area contributed by atoms with E-state index in [0.717, 1.165) is 5.56 Å². The molecule has 2 aromatic rings. The topological polar surface area (TPSA) is 89.9 Å². The Balaban J connectivity index is 1.95. The van der Waals surface area contributed by atoms with Crippen molar-refractivity contribution in [1.29, 1.82) is 0 Å². The molecule has 0 heterocycles. The number of halogens is 1. The maximum absolute atomic E-state index is 13.3. The van der Waals surface area contributed by atoms with Crippen LogP contribution in [0.5, 0.6) is 11.5 Å². The highest BCUT2D eigenvalue weighted by Crippen LogP contribution is 2.44. The van der Waals surface area contributed by atoms with Crippen molar-refractivity contribution in [3.05, 3.63) is 56.6 Å². The molecule has 0 spiro atoms. The first-order valence-corrected chi connectivity index (χ1v) is 9.18. The Hall–Kier alpha value is -2.86. The number of carbonyl (C=O) groups excluding carboxylic acids is 3. The number of hydrogen-bond donors (Lipinski definition) is 1. The molecule has 0 saturated heterocycles. The molecule has 4 rings (SSSR count). The lowest BCUT2D eigenvalue weighted by Crippen LogP contribution is -2.29. The van der Waals surface area contributed by atoms with E-state index in [1.165, 1.54) is 32.4 Å². The van der Waals surface area contributed by atoms with Crippen molar-refractivity contribution in [1.82, 2.24) is 0 Å². The van der Waals surface area contributed by atoms with Crippen molar-refractivity contribution >= 4 is 29.1 Å². The standard InChI is InChI=1S/C21H17ClO6/c1-27-20-13(22)6-5-11-16(20)19(25)17-14(23)8-9-3-4-10(21(26)28-2)7-12(9)15(17)18(11)24/h5-6,8,10,23H,3-4,7H2,1-2H3. The van der Waals surface area contributed by atoms with E-state index in [-0.39, 0.29) is 51.2 Å². The van der Waals surface area contributed by atoms with Gasteiger partial charge in [-0.25, -0.2) is 0 Å². The lowest BCUT2D eigenvalue weighted by Gasteiger charge is -2.29. The summed E-state index contributed by atoms with van der Waals surface area (Å²) in [6.45, 7) is 0. The Morgan fingerprint density at radius 1 is 1.14 bits per heavy atom. The van der Waals surface area contributed by atoms with Crippen molar-refractivity contribution in [2.75, 3.05) is 14.2 Å². The van der Waals surface area contributed by atoms with Crippen LogP contribution in [-0.4, -0.2) is 36.9 Å². The minimum absolute atomic E-state index is 0.0445. The molecule has 0 amide bonds. The summed E-state index contributed by atoms with van der Waals surface area (Å²) in [5.41, 5.74) is 1.69. The average Bonchev–Trinajstić information content (AvgIpc) is 2.69. The van der Waals surface area contributed by atoms with E-state index < -0.39 is 17.5 Å². The fourth-order valence-corrected chi connectivity index (χ4v) is 4.41. The number of aromatic hydroxyl groups is 1. The molecule has 2 aliphatic carbocycles. The van der Waals surface area contributed by atoms with E-state index in [0.29, 0.717) is 18.4 Å². The highest BCUT2D eigenvalue weighted by molar-refractivity contribution is 6.36. The number of benzene rings is 2. The fourth-order valence-electron chi connectivity index (χ4n) is 4.18. The molecule has 1 atom stereocenters. The number of phenolic OH excluding ortho intramolecular Hbond substituents is 1. The zero-order valence-corrected chi connectivity index (χ0v) is 16.1. The molecule has 0 saturated carbocycles. The number of ether oxygens (including phenoxy) is 2. The number of fused-ring (bicyclic) bond motifs is 4. The van der Waals surface area contributed by atoms with Crippen LogP contribution in [0.25, 0.3) is 0 Å². The van der Waals surface area contributed by atoms with Crippen molar-refractivity contribution in [3.8, 4) is 11.5 Å². The van der Waals surface area contributed by atoms with E-state index in [1.54, 1.807) is 0 Å². The maximum atomic E-state index is 13.3. The van der Waals surface area contributed by atoms with Gasteiger partial charge in [0.25, 0.3) is 0 Å². The summed E-state index contributed by atoms with van der Waals surface area (Å²) in [6.07, 6.45) is 1.35. The molecule has 0 fully saturated rings. The number of ketones is 2. The van der Waals surface area contributed by atoms with Crippen molar-refractivity contribution in [3.63, 3.8) is 0 Å². The van der Waals surface area contributed by atoms with Gasteiger partial charge in [0.1, 0.15) is 11.5 Å². The van der Waals surface area contributed by atoms with Gasteiger partial charge in [0.15, 0.2) is 5.78 Å². The van der Waals surface area contributed by atoms with Gasteiger partial charge in [0, 0.05) is 11.1 Å². The van der Waals surface area contributed by atoms with E-state index in [4.69, 9.17) is 21.1 Å². The third kappa shape index (κ3) is 2.52. The predicted octanol–water partition coefficient (Wildman–Crippen LogP) is 3.11. The van der Waals surface area contributed by atoms with Gasteiger partial charge in [-0.3, -0.25) is 14.4 Å². The number of methoxy groups -OCH3 is 2. The van der Waals surface area contributed by atoms with Gasteiger partial charge in [-0.1, -0.05) is 11.6 Å². The minimum Gasteiger partial charge on any atom is -0.507 e. The van der Waals surface area contributed by atoms with E-state index in [9.17, 15) is 19.5 Å². The Bertz CT molecular complexity index is 1060. The molecule has 2 aliphatic rings. The summed E-state index contributed by atoms with van der Waals surface area (Å²) >= 11 is 6.12. The largest absolute Gasteiger partial charge is 0.507 e. The molecule has 0 aromatic heterocycles. The first kappa shape index (κ1) is 18.5. The first-order valence-electron chi connectivity index (χ1n) is 8.80. The number of esters is 1. The molecule has 6 nitrogen and oxygen atoms in total. The molecular formula is C21H17ClO6. The summed E-state index contributed by atoms with van der Waals surface area (Å²) in [5, 5.41) is 10.7. The number of carbonyl (C=O) groups is 3. The average molecular weight is 401 g/mol. The van der Waals surface area contributed by atoms with Crippen LogP contribution in [0.4, 0.5) is 0 Å². The van der Waals surface area contributed by atoms with Crippen LogP contribution < -0.4 is 4.74 Å². The lowest BCUT2D eigenvalue weighted by atomic mass is 9.74. The molecule has 144 valence electrons. The van der Waals surface area contributed by atoms with Crippen LogP contribution in [0.1, 0.15) is 49.4 Å². The quantitative estimate of drug-likeness (QED) is 0.665. The molecule has 0 bridgehead atoms. The minimum atomic E-state index is -0.524. The second-order valence-corrected chi connectivity index (χ2v) is 7.31. The summed E-state index contributed by atoms with van der Waals surface area (Å²) in [5.74, 6) is -1.81. The molecule has 1 N–H and O–H groups in total. The monoisotopic (exact) mass is 400 g/mol. The van der Waals surface area contributed by atoms with Gasteiger partial charge in [-0.05, 0) is 48.6 Å². The molecule has 28 heavy (non-hydrogen) atoms. The highest BCUT2D eigenvalue weighted by atomic mass is 35.5. The smallest absolute Gasteiger partial charge is 0.309 e. The molecule has 1 unspecified atom stereocenters. The van der Waals surface area contributed by atoms with Crippen LogP contribution in [0.2, 0.25) is 5.02 Å². The zero-order chi connectivity index (χ0) is 20.2. The van der Waals surface area contributed by atoms with E-state index >= 15 is 0 Å². The second-order valence-electron chi connectivity index (χ2n) is 6.91. The molecular weight excluding hydrogens is 384 g/mol.